The number of rotatable bonds is 20. The number of esters is 2. The van der Waals surface area contributed by atoms with Crippen molar-refractivity contribution < 1.29 is 19.1 Å². The fraction of sp³-hybridized carbons (Fsp3) is 0.522. The van der Waals surface area contributed by atoms with Crippen molar-refractivity contribution in [2.75, 3.05) is 0 Å². The van der Waals surface area contributed by atoms with Crippen molar-refractivity contribution in [1.29, 1.82) is 0 Å². The first-order valence-electron chi connectivity index (χ1n) is 19.5. The Labute approximate surface area is 334 Å². The highest BCUT2D eigenvalue weighted by molar-refractivity contribution is 7.16. The summed E-state index contributed by atoms with van der Waals surface area (Å²) in [6.07, 6.45) is 18.1. The molecule has 292 valence electrons. The lowest BCUT2D eigenvalue weighted by Gasteiger charge is -2.08. The summed E-state index contributed by atoms with van der Waals surface area (Å²) in [5.74, 6) is 0.442. The molecule has 4 rings (SSSR count). The van der Waals surface area contributed by atoms with Crippen LogP contribution in [0.15, 0.2) is 60.7 Å². The molecule has 0 saturated heterocycles. The molecule has 2 aromatic carbocycles. The van der Waals surface area contributed by atoms with Gasteiger partial charge < -0.3 is 9.47 Å². The molecule has 0 saturated carbocycles. The molecule has 0 aliphatic heterocycles. The summed E-state index contributed by atoms with van der Waals surface area (Å²) in [5.41, 5.74) is 5.29. The summed E-state index contributed by atoms with van der Waals surface area (Å²) < 4.78 is 10.6. The van der Waals surface area contributed by atoms with E-state index in [4.69, 9.17) is 21.1 Å². The van der Waals surface area contributed by atoms with Crippen LogP contribution in [0.25, 0.3) is 20.9 Å². The molecule has 0 spiro atoms. The number of hydrogen-bond donors (Lipinski definition) is 0. The molecule has 4 aromatic rings. The molecule has 0 amide bonds. The van der Waals surface area contributed by atoms with Crippen LogP contribution in [0.2, 0.25) is 0 Å². The maximum absolute atomic E-state index is 11.7. The van der Waals surface area contributed by atoms with Gasteiger partial charge in [0.1, 0.15) is 16.9 Å². The molecule has 0 radical (unpaired) electrons. The van der Waals surface area contributed by atoms with Crippen LogP contribution in [0.1, 0.15) is 140 Å². The topological polar surface area (TPSA) is 52.6 Å². The number of carbonyl (C=O) groups excluding carboxylic acids is 2. The highest BCUT2D eigenvalue weighted by Gasteiger charge is 2.14. The Kier molecular flexibility index (Phi) is 22.0. The molecule has 0 aliphatic rings. The third-order valence-electron chi connectivity index (χ3n) is 8.93. The van der Waals surface area contributed by atoms with Crippen molar-refractivity contribution >= 4 is 46.2 Å². The second kappa shape index (κ2) is 25.2. The molecule has 0 bridgehead atoms. The fourth-order valence-corrected chi connectivity index (χ4v) is 8.15. The zero-order chi connectivity index (χ0) is 37.9. The van der Waals surface area contributed by atoms with E-state index in [0.29, 0.717) is 11.5 Å². The molecule has 2 heterocycles. The van der Waals surface area contributed by atoms with Crippen molar-refractivity contribution in [3.8, 4) is 32.4 Å². The summed E-state index contributed by atoms with van der Waals surface area (Å²) in [7, 11) is 0. The van der Waals surface area contributed by atoms with E-state index in [1.54, 1.807) is 6.92 Å². The number of benzene rings is 2. The number of aryl methyl sites for hydroxylation is 4. The van der Waals surface area contributed by atoms with E-state index < -0.39 is 11.3 Å². The third kappa shape index (κ3) is 16.5. The fourth-order valence-electron chi connectivity index (χ4n) is 5.97. The van der Waals surface area contributed by atoms with Crippen molar-refractivity contribution in [1.82, 2.24) is 0 Å². The standard InChI is InChI=1S/C23H32O2S.C22H29ClO2S.CH4/c1-5-6-7-8-9-10-11-20-16-18(4)26-22(20)19-12-14-21(15-13-19)25-23(24)17(2)3;1-4-5-6-7-8-9-10-19-15-16(2)26-21(19)18-11-13-20(14-12-18)25-22(24)17(3)23;/h12-17H,5-11H2,1-4H3;11-15,17H,4-10H2,1-3H3;1H4. The molecule has 1 atom stereocenters. The lowest BCUT2D eigenvalue weighted by atomic mass is 10.0. The van der Waals surface area contributed by atoms with Crippen LogP contribution >= 0.6 is 34.3 Å². The molecule has 0 fully saturated rings. The monoisotopic (exact) mass is 780 g/mol. The SMILES string of the molecule is C.CCCCCCCCc1cc(C)sc1-c1ccc(OC(=O)C(C)C)cc1.CCCCCCCCc1cc(C)sc1-c1ccc(OC(=O)C(C)Cl)cc1. The molecule has 1 unspecified atom stereocenters. The van der Waals surface area contributed by atoms with Crippen molar-refractivity contribution in [3.63, 3.8) is 0 Å². The first-order valence-corrected chi connectivity index (χ1v) is 21.6. The van der Waals surface area contributed by atoms with Gasteiger partial charge in [0.2, 0.25) is 0 Å². The zero-order valence-corrected chi connectivity index (χ0v) is 35.0. The van der Waals surface area contributed by atoms with Gasteiger partial charge in [0, 0.05) is 19.5 Å². The quantitative estimate of drug-likeness (QED) is 0.0388. The number of thiophene rings is 2. The normalized spacial score (nSPS) is 11.4. The van der Waals surface area contributed by atoms with E-state index in [1.807, 2.05) is 72.9 Å². The van der Waals surface area contributed by atoms with E-state index in [0.717, 1.165) is 12.8 Å². The Bertz CT molecular complexity index is 1490. The smallest absolute Gasteiger partial charge is 0.329 e. The summed E-state index contributed by atoms with van der Waals surface area (Å²) in [6.45, 7) is 14.2. The predicted octanol–water partition coefficient (Wildman–Crippen LogP) is 15.0. The minimum Gasteiger partial charge on any atom is -0.426 e. The molecule has 7 heteroatoms. The van der Waals surface area contributed by atoms with E-state index in [-0.39, 0.29) is 19.3 Å². The van der Waals surface area contributed by atoms with Crippen LogP contribution in [0, 0.1) is 19.8 Å². The predicted molar refractivity (Wildman–Crippen MR) is 231 cm³/mol. The first kappa shape index (κ1) is 46.2. The highest BCUT2D eigenvalue weighted by atomic mass is 35.5. The summed E-state index contributed by atoms with van der Waals surface area (Å²) >= 11 is 9.44. The van der Waals surface area contributed by atoms with Gasteiger partial charge in [-0.05, 0) is 129 Å². The van der Waals surface area contributed by atoms with Gasteiger partial charge in [0.25, 0.3) is 0 Å². The highest BCUT2D eigenvalue weighted by Crippen LogP contribution is 2.36. The lowest BCUT2D eigenvalue weighted by molar-refractivity contribution is -0.137. The Morgan fingerprint density at radius 2 is 0.943 bits per heavy atom. The Hall–Kier alpha value is -2.93. The van der Waals surface area contributed by atoms with Crippen LogP contribution in [0.4, 0.5) is 0 Å². The van der Waals surface area contributed by atoms with Crippen molar-refractivity contribution in [3.05, 3.63) is 81.5 Å². The summed E-state index contributed by atoms with van der Waals surface area (Å²) in [6, 6.07) is 20.3. The average molecular weight is 782 g/mol. The van der Waals surface area contributed by atoms with Crippen LogP contribution in [-0.2, 0) is 22.4 Å². The number of alkyl halides is 1. The van der Waals surface area contributed by atoms with Crippen molar-refractivity contribution in [2.24, 2.45) is 5.92 Å². The number of hydrogen-bond acceptors (Lipinski definition) is 6. The zero-order valence-electron chi connectivity index (χ0n) is 32.7. The molecular formula is C46H65ClO4S2. The summed E-state index contributed by atoms with van der Waals surface area (Å²) in [4.78, 5) is 28.7. The largest absolute Gasteiger partial charge is 0.426 e. The maximum Gasteiger partial charge on any atom is 0.329 e. The van der Waals surface area contributed by atoms with Crippen LogP contribution in [0.3, 0.4) is 0 Å². The van der Waals surface area contributed by atoms with Gasteiger partial charge in [-0.1, -0.05) is 99.3 Å². The average Bonchev–Trinajstić information content (AvgIpc) is 3.69. The lowest BCUT2D eigenvalue weighted by Crippen LogP contribution is -2.17. The van der Waals surface area contributed by atoms with E-state index >= 15 is 0 Å². The van der Waals surface area contributed by atoms with E-state index in [1.165, 1.54) is 119 Å². The van der Waals surface area contributed by atoms with Crippen LogP contribution in [-0.4, -0.2) is 17.3 Å². The van der Waals surface area contributed by atoms with E-state index in [2.05, 4.69) is 52.0 Å². The Balaban J connectivity index is 0.000000360. The third-order valence-corrected chi connectivity index (χ3v) is 11.4. The molecule has 0 N–H and O–H groups in total. The number of carbonyl (C=O) groups is 2. The van der Waals surface area contributed by atoms with Gasteiger partial charge in [-0.15, -0.1) is 34.3 Å². The van der Waals surface area contributed by atoms with Crippen LogP contribution < -0.4 is 9.47 Å². The molecule has 0 aliphatic carbocycles. The summed E-state index contributed by atoms with van der Waals surface area (Å²) in [5, 5.41) is -0.640. The Morgan fingerprint density at radius 3 is 1.30 bits per heavy atom. The number of ether oxygens (including phenoxy) is 2. The van der Waals surface area contributed by atoms with Gasteiger partial charge in [-0.3, -0.25) is 9.59 Å². The van der Waals surface area contributed by atoms with Gasteiger partial charge in [0.05, 0.1) is 5.92 Å². The molecular weight excluding hydrogens is 716 g/mol. The number of unbranched alkanes of at least 4 members (excludes halogenated alkanes) is 10. The molecule has 4 nitrogen and oxygen atoms in total. The Morgan fingerprint density at radius 1 is 0.585 bits per heavy atom. The van der Waals surface area contributed by atoms with E-state index in [9.17, 15) is 9.59 Å². The van der Waals surface area contributed by atoms with Crippen molar-refractivity contribution in [2.45, 2.75) is 151 Å². The minimum atomic E-state index is -0.640. The van der Waals surface area contributed by atoms with Gasteiger partial charge >= 0.3 is 11.9 Å². The first-order chi connectivity index (χ1) is 25.0. The number of halogens is 1. The van der Waals surface area contributed by atoms with Gasteiger partial charge in [0.15, 0.2) is 0 Å². The second-order valence-electron chi connectivity index (χ2n) is 14.1. The minimum absolute atomic E-state index is 0. The maximum atomic E-state index is 11.7. The molecule has 53 heavy (non-hydrogen) atoms. The molecule has 2 aromatic heterocycles. The van der Waals surface area contributed by atoms with Gasteiger partial charge in [-0.2, -0.15) is 0 Å². The van der Waals surface area contributed by atoms with Crippen LogP contribution in [0.5, 0.6) is 11.5 Å². The second-order valence-corrected chi connectivity index (χ2v) is 17.3. The van der Waals surface area contributed by atoms with Gasteiger partial charge in [-0.25, -0.2) is 0 Å².